The van der Waals surface area contributed by atoms with E-state index in [1.165, 1.54) is 0 Å². The predicted octanol–water partition coefficient (Wildman–Crippen LogP) is 2.54. The van der Waals surface area contributed by atoms with Gasteiger partial charge < -0.3 is 24.8 Å². The molecular weight excluding hydrogens is 296 g/mol. The summed E-state index contributed by atoms with van der Waals surface area (Å²) in [4.78, 5) is 0. The standard InChI is InChI=1S/C18H16O5/c19-6-5-15-18-13-4-2-10(20)7-16(13)22-9-14(18)12-3-1-11(21)8-17(12)23-15/h1-4,7-8,15,19-21H,5-6,9H2. The highest BCUT2D eigenvalue weighted by molar-refractivity contribution is 5.99. The Morgan fingerprint density at radius 3 is 2.39 bits per heavy atom. The molecule has 2 aromatic carbocycles. The number of hydrogen-bond acceptors (Lipinski definition) is 5. The fraction of sp³-hybridized carbons (Fsp3) is 0.222. The van der Waals surface area contributed by atoms with Gasteiger partial charge >= 0.3 is 0 Å². The number of fused-ring (bicyclic) bond motifs is 4. The Hall–Kier alpha value is -2.66. The molecule has 23 heavy (non-hydrogen) atoms. The first-order chi connectivity index (χ1) is 11.2. The number of aromatic hydroxyl groups is 2. The highest BCUT2D eigenvalue weighted by Crippen LogP contribution is 2.47. The molecule has 0 bridgehead atoms. The molecule has 0 spiro atoms. The van der Waals surface area contributed by atoms with Crippen LogP contribution >= 0.6 is 0 Å². The second kappa shape index (κ2) is 5.21. The highest BCUT2D eigenvalue weighted by Gasteiger charge is 2.34. The van der Waals surface area contributed by atoms with Crippen LogP contribution in [0.15, 0.2) is 36.4 Å². The van der Waals surface area contributed by atoms with Gasteiger partial charge in [-0.25, -0.2) is 0 Å². The van der Waals surface area contributed by atoms with Crippen molar-refractivity contribution in [1.29, 1.82) is 0 Å². The molecule has 2 aliphatic heterocycles. The molecule has 1 unspecified atom stereocenters. The molecule has 0 saturated carbocycles. The molecule has 0 fully saturated rings. The average Bonchev–Trinajstić information content (AvgIpc) is 2.54. The summed E-state index contributed by atoms with van der Waals surface area (Å²) in [7, 11) is 0. The van der Waals surface area contributed by atoms with Crippen molar-refractivity contribution in [2.45, 2.75) is 12.5 Å². The molecule has 0 radical (unpaired) electrons. The zero-order chi connectivity index (χ0) is 16.0. The lowest BCUT2D eigenvalue weighted by Crippen LogP contribution is -2.28. The van der Waals surface area contributed by atoms with Crippen LogP contribution < -0.4 is 9.47 Å². The van der Waals surface area contributed by atoms with Gasteiger partial charge in [-0.15, -0.1) is 0 Å². The summed E-state index contributed by atoms with van der Waals surface area (Å²) >= 11 is 0. The van der Waals surface area contributed by atoms with E-state index < -0.39 is 0 Å². The van der Waals surface area contributed by atoms with E-state index in [0.717, 1.165) is 22.3 Å². The smallest absolute Gasteiger partial charge is 0.131 e. The highest BCUT2D eigenvalue weighted by atomic mass is 16.5. The van der Waals surface area contributed by atoms with Gasteiger partial charge in [0, 0.05) is 47.4 Å². The Balaban J connectivity index is 1.93. The molecule has 0 saturated heterocycles. The van der Waals surface area contributed by atoms with Crippen molar-refractivity contribution in [3.63, 3.8) is 0 Å². The van der Waals surface area contributed by atoms with Gasteiger partial charge in [-0.05, 0) is 24.3 Å². The minimum atomic E-state index is -0.323. The van der Waals surface area contributed by atoms with Crippen LogP contribution in [0.1, 0.15) is 17.5 Å². The van der Waals surface area contributed by atoms with E-state index in [4.69, 9.17) is 9.47 Å². The van der Waals surface area contributed by atoms with E-state index in [9.17, 15) is 15.3 Å². The maximum atomic E-state index is 9.68. The second-order valence-corrected chi connectivity index (χ2v) is 5.66. The van der Waals surface area contributed by atoms with Crippen LogP contribution in [0.4, 0.5) is 0 Å². The van der Waals surface area contributed by atoms with E-state index >= 15 is 0 Å². The van der Waals surface area contributed by atoms with Crippen molar-refractivity contribution < 1.29 is 24.8 Å². The molecule has 0 aliphatic carbocycles. The topological polar surface area (TPSA) is 79.2 Å². The van der Waals surface area contributed by atoms with Crippen molar-refractivity contribution in [2.24, 2.45) is 0 Å². The lowest BCUT2D eigenvalue weighted by molar-refractivity contribution is 0.189. The predicted molar refractivity (Wildman–Crippen MR) is 84.6 cm³/mol. The maximum absolute atomic E-state index is 9.68. The van der Waals surface area contributed by atoms with Gasteiger partial charge in [0.05, 0.1) is 0 Å². The van der Waals surface area contributed by atoms with Gasteiger partial charge in [0.1, 0.15) is 35.7 Å². The number of rotatable bonds is 2. The SMILES string of the molecule is OCCC1Oc2cc(O)ccc2C2=C1c1ccc(O)cc1OC2. The van der Waals surface area contributed by atoms with E-state index in [0.29, 0.717) is 24.5 Å². The Morgan fingerprint density at radius 2 is 1.65 bits per heavy atom. The molecular formula is C18H16O5. The zero-order valence-electron chi connectivity index (χ0n) is 12.3. The lowest BCUT2D eigenvalue weighted by atomic mass is 9.85. The summed E-state index contributed by atoms with van der Waals surface area (Å²) in [6, 6.07) is 10.0. The van der Waals surface area contributed by atoms with E-state index in [2.05, 4.69) is 0 Å². The van der Waals surface area contributed by atoms with Gasteiger partial charge in [-0.3, -0.25) is 0 Å². The van der Waals surface area contributed by atoms with Crippen molar-refractivity contribution >= 4 is 11.1 Å². The fourth-order valence-corrected chi connectivity index (χ4v) is 3.22. The summed E-state index contributed by atoms with van der Waals surface area (Å²) in [5.74, 6) is 1.48. The number of aliphatic hydroxyl groups excluding tert-OH is 1. The zero-order valence-corrected chi connectivity index (χ0v) is 12.3. The minimum absolute atomic E-state index is 0.0100. The van der Waals surface area contributed by atoms with Gasteiger partial charge in [-0.1, -0.05) is 0 Å². The van der Waals surface area contributed by atoms with E-state index in [-0.39, 0.29) is 24.2 Å². The maximum Gasteiger partial charge on any atom is 0.131 e. The third-order valence-corrected chi connectivity index (χ3v) is 4.23. The normalized spacial score (nSPS) is 18.4. The first-order valence-electron chi connectivity index (χ1n) is 7.47. The lowest BCUT2D eigenvalue weighted by Gasteiger charge is -2.35. The van der Waals surface area contributed by atoms with Gasteiger partial charge in [-0.2, -0.15) is 0 Å². The van der Waals surface area contributed by atoms with Crippen LogP contribution in [0.2, 0.25) is 0 Å². The third kappa shape index (κ3) is 2.21. The number of ether oxygens (including phenoxy) is 2. The van der Waals surface area contributed by atoms with Crippen molar-refractivity contribution in [3.05, 3.63) is 47.5 Å². The molecule has 4 rings (SSSR count). The quantitative estimate of drug-likeness (QED) is 0.794. The average molecular weight is 312 g/mol. The molecule has 118 valence electrons. The van der Waals surface area contributed by atoms with Crippen molar-refractivity contribution in [3.8, 4) is 23.0 Å². The third-order valence-electron chi connectivity index (χ3n) is 4.23. The molecule has 5 nitrogen and oxygen atoms in total. The summed E-state index contributed by atoms with van der Waals surface area (Å²) in [5, 5.41) is 28.7. The van der Waals surface area contributed by atoms with Crippen LogP contribution in [0.5, 0.6) is 23.0 Å². The monoisotopic (exact) mass is 312 g/mol. The van der Waals surface area contributed by atoms with E-state index in [1.54, 1.807) is 30.3 Å². The first kappa shape index (κ1) is 14.0. The Kier molecular flexibility index (Phi) is 3.16. The number of phenolic OH excluding ortho intramolecular Hbond substituents is 2. The molecule has 2 aliphatic rings. The fourth-order valence-electron chi connectivity index (χ4n) is 3.22. The molecule has 5 heteroatoms. The van der Waals surface area contributed by atoms with Crippen LogP contribution in [0.25, 0.3) is 11.1 Å². The molecule has 2 heterocycles. The summed E-state index contributed by atoms with van der Waals surface area (Å²) in [6.45, 7) is 0.346. The molecule has 2 aromatic rings. The van der Waals surface area contributed by atoms with Crippen molar-refractivity contribution in [2.75, 3.05) is 13.2 Å². The molecule has 1 atom stereocenters. The van der Waals surface area contributed by atoms with Crippen LogP contribution in [-0.4, -0.2) is 34.6 Å². The van der Waals surface area contributed by atoms with Gasteiger partial charge in [0.2, 0.25) is 0 Å². The van der Waals surface area contributed by atoms with Crippen LogP contribution in [0, 0.1) is 0 Å². The van der Waals surface area contributed by atoms with Gasteiger partial charge in [0.25, 0.3) is 0 Å². The molecule has 3 N–H and O–H groups in total. The first-order valence-corrected chi connectivity index (χ1v) is 7.47. The summed E-state index contributed by atoms with van der Waals surface area (Å²) in [5.41, 5.74) is 3.70. The second-order valence-electron chi connectivity index (χ2n) is 5.66. The molecule has 0 amide bonds. The van der Waals surface area contributed by atoms with Gasteiger partial charge in [0.15, 0.2) is 0 Å². The number of hydrogen-bond donors (Lipinski definition) is 3. The summed E-state index contributed by atoms with van der Waals surface area (Å²) in [6.07, 6.45) is 0.116. The van der Waals surface area contributed by atoms with E-state index in [1.807, 2.05) is 6.07 Å². The Bertz CT molecular complexity index is 809. The summed E-state index contributed by atoms with van der Waals surface area (Å²) < 4.78 is 11.8. The van der Waals surface area contributed by atoms with Crippen LogP contribution in [0.3, 0.4) is 0 Å². The largest absolute Gasteiger partial charge is 0.508 e. The van der Waals surface area contributed by atoms with Crippen LogP contribution in [-0.2, 0) is 0 Å². The Labute approximate surface area is 133 Å². The number of aliphatic hydroxyl groups is 1. The molecule has 0 aromatic heterocycles. The number of phenols is 2. The number of benzene rings is 2. The van der Waals surface area contributed by atoms with Crippen molar-refractivity contribution in [1.82, 2.24) is 0 Å². The Morgan fingerprint density at radius 1 is 0.957 bits per heavy atom. The minimum Gasteiger partial charge on any atom is -0.508 e.